The molecule has 2 amide bonds. The van der Waals surface area contributed by atoms with Gasteiger partial charge in [0.05, 0.1) is 37.3 Å². The minimum Gasteiger partial charge on any atom is -0.399 e. The monoisotopic (exact) mass is 793 g/mol. The maximum Gasteiger partial charge on any atom is 0.237 e. The molecule has 0 spiro atoms. The molecule has 0 radical (unpaired) electrons. The first kappa shape index (κ1) is 37.4. The number of anilines is 3. The van der Waals surface area contributed by atoms with Gasteiger partial charge in [-0.05, 0) is 91.8 Å². The van der Waals surface area contributed by atoms with E-state index in [0.717, 1.165) is 74.6 Å². The Bertz CT molecular complexity index is 1990. The van der Waals surface area contributed by atoms with Gasteiger partial charge in [-0.3, -0.25) is 9.59 Å². The van der Waals surface area contributed by atoms with E-state index in [1.807, 2.05) is 58.3 Å². The number of nitrogens with zero attached hydrogens (tertiary/aromatic N) is 4. The van der Waals surface area contributed by atoms with E-state index < -0.39 is 0 Å². The molecule has 2 aromatic heterocycles. The number of para-hydroxylation sites is 2. The van der Waals surface area contributed by atoms with Crippen LogP contribution in [0.2, 0.25) is 0 Å². The van der Waals surface area contributed by atoms with Crippen LogP contribution in [-0.2, 0) is 22.4 Å². The number of alkyl halides is 2. The number of hydrogen-bond donors (Lipinski definition) is 1. The molecule has 0 aliphatic carbocycles. The highest BCUT2D eigenvalue weighted by Gasteiger charge is 2.24. The van der Waals surface area contributed by atoms with Gasteiger partial charge in [-0.1, -0.05) is 66.0 Å². The van der Waals surface area contributed by atoms with Crippen molar-refractivity contribution in [3.8, 4) is 0 Å². The number of aryl methyl sites for hydroxylation is 3. The summed E-state index contributed by atoms with van der Waals surface area (Å²) in [5.74, 6) is 1.16. The third kappa shape index (κ3) is 9.57. The van der Waals surface area contributed by atoms with Crippen LogP contribution >= 0.6 is 69.4 Å². The average molecular weight is 795 g/mol. The standard InChI is InChI=1S/C19H18N2OS2.C18H17N3OS2.CH2Cl2/c1-13-8-9-17-15(11-13)20-19(24-17)23-12-18(22)21-10-4-6-14-5-2-3-7-16(14)21;19-13-7-8-16-14(10-13)20-18(24-16)23-11-17(22)21-9-3-5-12-4-1-2-6-15(12)21;2-1-3/h2-3,5,7-9,11H,4,6,10,12H2,1H3;1-2,4,6-8,10H,3,5,9,11,19H2;1H2. The van der Waals surface area contributed by atoms with Crippen LogP contribution in [0.25, 0.3) is 20.4 Å². The number of rotatable bonds is 6. The maximum atomic E-state index is 12.7. The number of benzene rings is 4. The highest BCUT2D eigenvalue weighted by molar-refractivity contribution is 8.02. The van der Waals surface area contributed by atoms with E-state index in [1.54, 1.807) is 34.4 Å². The zero-order chi connectivity index (χ0) is 35.7. The largest absolute Gasteiger partial charge is 0.399 e. The predicted molar refractivity (Wildman–Crippen MR) is 221 cm³/mol. The number of nitrogen functional groups attached to an aromatic ring is 1. The second-order valence-corrected chi connectivity index (χ2v) is 17.2. The third-order valence-corrected chi connectivity index (χ3v) is 12.7. The van der Waals surface area contributed by atoms with Crippen molar-refractivity contribution in [2.24, 2.45) is 0 Å². The van der Waals surface area contributed by atoms with Gasteiger partial charge < -0.3 is 15.5 Å². The van der Waals surface area contributed by atoms with Crippen LogP contribution in [0.3, 0.4) is 0 Å². The Kier molecular flexibility index (Phi) is 13.2. The average Bonchev–Trinajstić information content (AvgIpc) is 3.75. The van der Waals surface area contributed by atoms with Crippen molar-refractivity contribution in [2.75, 3.05) is 45.5 Å². The number of nitrogens with two attached hydrogens (primary N) is 1. The fourth-order valence-electron chi connectivity index (χ4n) is 6.05. The van der Waals surface area contributed by atoms with Crippen molar-refractivity contribution in [3.05, 3.63) is 102 Å². The Hall–Kier alpha value is -3.32. The van der Waals surface area contributed by atoms with Gasteiger partial charge in [0.25, 0.3) is 0 Å². The molecule has 264 valence electrons. The summed E-state index contributed by atoms with van der Waals surface area (Å²) < 4.78 is 4.16. The lowest BCUT2D eigenvalue weighted by Crippen LogP contribution is -2.36. The van der Waals surface area contributed by atoms with Crippen LogP contribution in [-0.4, -0.2) is 51.7 Å². The van der Waals surface area contributed by atoms with Crippen LogP contribution in [0.4, 0.5) is 17.1 Å². The Morgan fingerprint density at radius 1 is 0.725 bits per heavy atom. The fourth-order valence-corrected chi connectivity index (χ4v) is 9.90. The zero-order valence-electron chi connectivity index (χ0n) is 28.0. The van der Waals surface area contributed by atoms with Crippen LogP contribution in [0, 0.1) is 6.92 Å². The molecular formula is C38H37Cl2N5O2S4. The molecule has 8 rings (SSSR count). The van der Waals surface area contributed by atoms with E-state index >= 15 is 0 Å². The van der Waals surface area contributed by atoms with E-state index in [-0.39, 0.29) is 17.2 Å². The van der Waals surface area contributed by atoms with E-state index in [2.05, 4.69) is 53.3 Å². The number of hydrogen-bond acceptors (Lipinski definition) is 9. The molecule has 0 unspecified atom stereocenters. The third-order valence-electron chi connectivity index (χ3n) is 8.38. The summed E-state index contributed by atoms with van der Waals surface area (Å²) in [4.78, 5) is 38.4. The molecule has 6 aromatic rings. The number of thioether (sulfide) groups is 2. The van der Waals surface area contributed by atoms with Crippen molar-refractivity contribution in [2.45, 2.75) is 41.3 Å². The number of halogens is 2. The maximum absolute atomic E-state index is 12.7. The summed E-state index contributed by atoms with van der Waals surface area (Å²) in [5, 5.41) is 0.194. The Morgan fingerprint density at radius 2 is 1.20 bits per heavy atom. The minimum atomic E-state index is 0.144. The number of amides is 2. The van der Waals surface area contributed by atoms with Crippen LogP contribution in [0.15, 0.2) is 93.6 Å². The fraction of sp³-hybridized carbons (Fsp3) is 0.263. The second kappa shape index (κ2) is 17.9. The Balaban J connectivity index is 0.000000163. The molecule has 0 bridgehead atoms. The summed E-state index contributed by atoms with van der Waals surface area (Å²) in [6.45, 7) is 3.69. The van der Waals surface area contributed by atoms with Gasteiger partial charge >= 0.3 is 0 Å². The van der Waals surface area contributed by atoms with Gasteiger partial charge in [-0.25, -0.2) is 9.97 Å². The zero-order valence-corrected chi connectivity index (χ0v) is 32.8. The van der Waals surface area contributed by atoms with Crippen molar-refractivity contribution in [1.82, 2.24) is 9.97 Å². The molecule has 4 aromatic carbocycles. The van der Waals surface area contributed by atoms with Gasteiger partial charge in [0, 0.05) is 30.2 Å². The normalized spacial score (nSPS) is 13.5. The summed E-state index contributed by atoms with van der Waals surface area (Å²) in [6, 6.07) is 28.5. The molecular weight excluding hydrogens is 758 g/mol. The van der Waals surface area contributed by atoms with Crippen molar-refractivity contribution >= 4 is 119 Å². The van der Waals surface area contributed by atoms with Crippen LogP contribution in [0.1, 0.15) is 29.5 Å². The second-order valence-electron chi connectivity index (χ2n) is 11.9. The molecule has 7 nitrogen and oxygen atoms in total. The quantitative estimate of drug-likeness (QED) is 0.102. The summed E-state index contributed by atoms with van der Waals surface area (Å²) in [5.41, 5.74) is 14.3. The van der Waals surface area contributed by atoms with E-state index in [1.165, 1.54) is 33.2 Å². The van der Waals surface area contributed by atoms with Crippen LogP contribution in [0.5, 0.6) is 0 Å². The highest BCUT2D eigenvalue weighted by Crippen LogP contribution is 2.34. The number of fused-ring (bicyclic) bond motifs is 4. The molecule has 13 heteroatoms. The number of aromatic nitrogens is 2. The van der Waals surface area contributed by atoms with Gasteiger partial charge in [0.1, 0.15) is 0 Å². The number of carbonyl (C=O) groups is 2. The predicted octanol–water partition coefficient (Wildman–Crippen LogP) is 10.0. The molecule has 2 aliphatic heterocycles. The Morgan fingerprint density at radius 3 is 1.73 bits per heavy atom. The van der Waals surface area contributed by atoms with Crippen molar-refractivity contribution in [1.29, 1.82) is 0 Å². The van der Waals surface area contributed by atoms with Gasteiger partial charge in [-0.15, -0.1) is 45.9 Å². The molecule has 2 aliphatic rings. The van der Waals surface area contributed by atoms with E-state index in [0.29, 0.717) is 17.2 Å². The first-order valence-corrected chi connectivity index (χ1v) is 21.2. The van der Waals surface area contributed by atoms with Crippen LogP contribution < -0.4 is 15.5 Å². The van der Waals surface area contributed by atoms with E-state index in [9.17, 15) is 9.59 Å². The van der Waals surface area contributed by atoms with E-state index in [4.69, 9.17) is 28.9 Å². The summed E-state index contributed by atoms with van der Waals surface area (Å²) in [7, 11) is 0. The van der Waals surface area contributed by atoms with Gasteiger partial charge in [0.2, 0.25) is 11.8 Å². The molecule has 0 fully saturated rings. The molecule has 2 N–H and O–H groups in total. The molecule has 0 saturated heterocycles. The highest BCUT2D eigenvalue weighted by atomic mass is 35.5. The lowest BCUT2D eigenvalue weighted by Gasteiger charge is -2.29. The molecule has 0 saturated carbocycles. The number of carbonyl (C=O) groups excluding carboxylic acids is 2. The SMILES string of the molecule is Cc1ccc2sc(SCC(=O)N3CCCc4ccccc43)nc2c1.ClCCl.Nc1ccc2sc(SCC(=O)N3CCCc4ccccc43)nc2c1. The number of thiazole rings is 2. The minimum absolute atomic E-state index is 0.144. The summed E-state index contributed by atoms with van der Waals surface area (Å²) in [6.07, 6.45) is 4.17. The van der Waals surface area contributed by atoms with Gasteiger partial charge in [0.15, 0.2) is 8.68 Å². The molecule has 51 heavy (non-hydrogen) atoms. The lowest BCUT2D eigenvalue weighted by molar-refractivity contribution is -0.117. The molecule has 0 atom stereocenters. The summed E-state index contributed by atoms with van der Waals surface area (Å²) >= 11 is 15.8. The first-order chi connectivity index (χ1) is 24.8. The lowest BCUT2D eigenvalue weighted by atomic mass is 10.0. The first-order valence-electron chi connectivity index (χ1n) is 16.5. The van der Waals surface area contributed by atoms with Crippen molar-refractivity contribution < 1.29 is 9.59 Å². The van der Waals surface area contributed by atoms with Crippen molar-refractivity contribution in [3.63, 3.8) is 0 Å². The smallest absolute Gasteiger partial charge is 0.237 e. The molecule has 4 heterocycles. The topological polar surface area (TPSA) is 92.4 Å². The Labute approximate surface area is 324 Å². The van der Waals surface area contributed by atoms with Gasteiger partial charge in [-0.2, -0.15) is 0 Å².